The minimum atomic E-state index is 0.843. The van der Waals surface area contributed by atoms with E-state index in [-0.39, 0.29) is 0 Å². The average Bonchev–Trinajstić information content (AvgIpc) is 4.09. The monoisotopic (exact) mass is 899 g/mol. The molecule has 0 atom stereocenters. The number of hydrogen-bond donors (Lipinski definition) is 0. The topological polar surface area (TPSA) is 45.7 Å². The lowest BCUT2D eigenvalue weighted by Gasteiger charge is -2.27. The van der Waals surface area contributed by atoms with E-state index < -0.39 is 0 Å². The van der Waals surface area contributed by atoms with Crippen LogP contribution in [0.25, 0.3) is 107 Å². The zero-order valence-corrected chi connectivity index (χ0v) is 37.7. The van der Waals surface area contributed by atoms with Crippen molar-refractivity contribution in [3.8, 4) is 0 Å². The Balaban J connectivity index is 0.933. The summed E-state index contributed by atoms with van der Waals surface area (Å²) in [7, 11) is 0. The first-order valence-corrected chi connectivity index (χ1v) is 24.1. The van der Waals surface area contributed by atoms with E-state index in [4.69, 9.17) is 13.8 Å². The Labute approximate surface area is 398 Å². The van der Waals surface area contributed by atoms with E-state index in [1.165, 1.54) is 37.7 Å². The molecule has 15 aromatic rings. The minimum Gasteiger partial charge on any atom is -0.456 e. The molecule has 0 saturated heterocycles. The second-order valence-electron chi connectivity index (χ2n) is 17.9. The number of anilines is 6. The summed E-state index contributed by atoms with van der Waals surface area (Å²) in [6.45, 7) is 0. The van der Waals surface area contributed by atoms with Crippen molar-refractivity contribution >= 4 is 153 Å². The van der Waals surface area contributed by atoms with Gasteiger partial charge in [-0.3, -0.25) is 4.98 Å². The number of hydrogen-bond acceptors (Lipinski definition) is 6. The highest BCUT2D eigenvalue weighted by Gasteiger charge is 2.23. The third kappa shape index (κ3) is 5.86. The number of fused-ring (bicyclic) bond motifs is 15. The zero-order valence-electron chi connectivity index (χ0n) is 36.9. The number of furan rings is 2. The maximum absolute atomic E-state index is 6.51. The molecular formula is C63H37N3O2S. The second-order valence-corrected chi connectivity index (χ2v) is 19.0. The van der Waals surface area contributed by atoms with Gasteiger partial charge in [0.1, 0.15) is 22.3 Å². The Morgan fingerprint density at radius 1 is 0.304 bits per heavy atom. The zero-order chi connectivity index (χ0) is 45.2. The molecule has 4 aromatic heterocycles. The van der Waals surface area contributed by atoms with Crippen LogP contribution in [0.15, 0.2) is 233 Å². The first-order chi connectivity index (χ1) is 34.2. The predicted octanol–water partition coefficient (Wildman–Crippen LogP) is 18.8. The molecule has 15 rings (SSSR count). The fourth-order valence-corrected chi connectivity index (χ4v) is 12.0. The van der Waals surface area contributed by atoms with Crippen LogP contribution in [0, 0.1) is 0 Å². The van der Waals surface area contributed by atoms with Gasteiger partial charge in [-0.2, -0.15) is 0 Å². The van der Waals surface area contributed by atoms with E-state index in [2.05, 4.69) is 204 Å². The Morgan fingerprint density at radius 2 is 0.710 bits per heavy atom. The number of pyridine rings is 1. The molecule has 0 amide bonds. The summed E-state index contributed by atoms with van der Waals surface area (Å²) in [5, 5.41) is 15.1. The molecular weight excluding hydrogens is 863 g/mol. The van der Waals surface area contributed by atoms with Gasteiger partial charge in [0.25, 0.3) is 0 Å². The molecule has 322 valence electrons. The Morgan fingerprint density at radius 3 is 1.26 bits per heavy atom. The van der Waals surface area contributed by atoms with Gasteiger partial charge in [0.15, 0.2) is 0 Å². The summed E-state index contributed by atoms with van der Waals surface area (Å²) in [6, 6.07) is 78.3. The van der Waals surface area contributed by atoms with Crippen molar-refractivity contribution in [2.75, 3.05) is 9.80 Å². The molecule has 4 heterocycles. The van der Waals surface area contributed by atoms with Gasteiger partial charge in [-0.05, 0) is 105 Å². The summed E-state index contributed by atoms with van der Waals surface area (Å²) >= 11 is 1.78. The van der Waals surface area contributed by atoms with Crippen molar-refractivity contribution in [1.82, 2.24) is 4.98 Å². The van der Waals surface area contributed by atoms with Gasteiger partial charge >= 0.3 is 0 Å². The lowest BCUT2D eigenvalue weighted by Crippen LogP contribution is -2.11. The van der Waals surface area contributed by atoms with Crippen LogP contribution in [0.3, 0.4) is 0 Å². The summed E-state index contributed by atoms with van der Waals surface area (Å²) < 4.78 is 15.3. The molecule has 5 nitrogen and oxygen atoms in total. The van der Waals surface area contributed by atoms with Crippen molar-refractivity contribution in [1.29, 1.82) is 0 Å². The normalized spacial score (nSPS) is 12.1. The summed E-state index contributed by atoms with van der Waals surface area (Å²) in [4.78, 5) is 10.1. The number of para-hydroxylation sites is 2. The van der Waals surface area contributed by atoms with Gasteiger partial charge in [0.05, 0.1) is 33.5 Å². The molecule has 0 aliphatic rings. The Bertz CT molecular complexity index is 4310. The van der Waals surface area contributed by atoms with E-state index in [1.54, 1.807) is 11.3 Å². The van der Waals surface area contributed by atoms with Gasteiger partial charge in [-0.15, -0.1) is 11.3 Å². The van der Waals surface area contributed by atoms with Gasteiger partial charge in [-0.1, -0.05) is 133 Å². The lowest BCUT2D eigenvalue weighted by molar-refractivity contribution is 0.668. The molecule has 0 aliphatic heterocycles. The Kier molecular flexibility index (Phi) is 8.17. The molecule has 0 saturated carbocycles. The van der Waals surface area contributed by atoms with E-state index in [9.17, 15) is 0 Å². The minimum absolute atomic E-state index is 0.843. The summed E-state index contributed by atoms with van der Waals surface area (Å²) in [6.07, 6.45) is 2.03. The molecule has 0 spiro atoms. The van der Waals surface area contributed by atoms with Gasteiger partial charge < -0.3 is 18.6 Å². The number of benzene rings is 11. The first-order valence-electron chi connectivity index (χ1n) is 23.2. The molecule has 0 aliphatic carbocycles. The van der Waals surface area contributed by atoms with Crippen molar-refractivity contribution in [3.05, 3.63) is 225 Å². The smallest absolute Gasteiger partial charge is 0.137 e. The molecule has 0 bridgehead atoms. The van der Waals surface area contributed by atoms with Crippen LogP contribution in [0.1, 0.15) is 0 Å². The fourth-order valence-electron chi connectivity index (χ4n) is 10.9. The summed E-state index contributed by atoms with van der Waals surface area (Å²) in [5.74, 6) is 0. The molecule has 0 N–H and O–H groups in total. The number of thiophene rings is 1. The second kappa shape index (κ2) is 14.8. The van der Waals surface area contributed by atoms with Crippen molar-refractivity contribution in [3.63, 3.8) is 0 Å². The van der Waals surface area contributed by atoms with Crippen molar-refractivity contribution in [2.24, 2.45) is 0 Å². The van der Waals surface area contributed by atoms with E-state index in [0.717, 1.165) is 104 Å². The van der Waals surface area contributed by atoms with Crippen LogP contribution >= 0.6 is 11.3 Å². The maximum Gasteiger partial charge on any atom is 0.137 e. The molecule has 0 unspecified atom stereocenters. The van der Waals surface area contributed by atoms with Crippen LogP contribution < -0.4 is 9.80 Å². The predicted molar refractivity (Wildman–Crippen MR) is 291 cm³/mol. The van der Waals surface area contributed by atoms with Crippen LogP contribution in [-0.2, 0) is 0 Å². The molecule has 0 radical (unpaired) electrons. The quantitative estimate of drug-likeness (QED) is 0.156. The number of aromatic nitrogens is 1. The summed E-state index contributed by atoms with van der Waals surface area (Å²) in [5.41, 5.74) is 10.6. The van der Waals surface area contributed by atoms with E-state index in [0.29, 0.717) is 0 Å². The third-order valence-corrected chi connectivity index (χ3v) is 15.1. The standard InChI is InChI=1S/C63H37N3O2S/c1-3-15-44-38(13-1)31-55(48-19-7-5-17-46(44)48)65(40-25-28-52-50-21-9-11-23-57(50)67-59(52)33-40)42-27-30-54-61(35-42)69-62-36-43(37-64-63(54)62)66(41-26-29-53-51-22-10-12-24-58(51)68-60(53)34-41)56-32-39-14-2-4-16-45(39)47-18-6-8-20-49(47)56/h1-37H. The van der Waals surface area contributed by atoms with Crippen LogP contribution in [-0.4, -0.2) is 4.98 Å². The largest absolute Gasteiger partial charge is 0.456 e. The van der Waals surface area contributed by atoms with Crippen LogP contribution in [0.4, 0.5) is 34.1 Å². The van der Waals surface area contributed by atoms with Gasteiger partial charge in [0.2, 0.25) is 0 Å². The average molecular weight is 900 g/mol. The van der Waals surface area contributed by atoms with Gasteiger partial charge in [0, 0.05) is 71.6 Å². The molecule has 69 heavy (non-hydrogen) atoms. The third-order valence-electron chi connectivity index (χ3n) is 14.0. The lowest BCUT2D eigenvalue weighted by atomic mass is 9.99. The van der Waals surface area contributed by atoms with E-state index in [1.807, 2.05) is 30.5 Å². The highest BCUT2D eigenvalue weighted by molar-refractivity contribution is 7.25. The Hall–Kier alpha value is -8.97. The van der Waals surface area contributed by atoms with Crippen molar-refractivity contribution in [2.45, 2.75) is 0 Å². The van der Waals surface area contributed by atoms with Crippen molar-refractivity contribution < 1.29 is 8.83 Å². The molecule has 0 fully saturated rings. The number of nitrogens with zero attached hydrogens (tertiary/aromatic N) is 3. The van der Waals surface area contributed by atoms with Crippen LogP contribution in [0.5, 0.6) is 0 Å². The highest BCUT2D eigenvalue weighted by Crippen LogP contribution is 2.48. The first kappa shape index (κ1) is 38.2. The van der Waals surface area contributed by atoms with Gasteiger partial charge in [-0.25, -0.2) is 0 Å². The van der Waals surface area contributed by atoms with E-state index >= 15 is 0 Å². The fraction of sp³-hybridized carbons (Fsp3) is 0. The molecule has 6 heteroatoms. The highest BCUT2D eigenvalue weighted by atomic mass is 32.1. The number of rotatable bonds is 6. The SMILES string of the molecule is c1ccc2c(c1)cc(N(c1ccc3c(c1)oc1ccccc13)c1ccc3c(c1)sc1cc(N(c4ccc5c(c4)oc4ccccc45)c4cc5ccccc5c5ccccc45)cnc13)c1ccccc12. The van der Waals surface area contributed by atoms with Crippen LogP contribution in [0.2, 0.25) is 0 Å². The molecule has 11 aromatic carbocycles. The maximum atomic E-state index is 6.51.